The van der Waals surface area contributed by atoms with Crippen LogP contribution < -0.4 is 34.0 Å². The summed E-state index contributed by atoms with van der Waals surface area (Å²) in [6.07, 6.45) is 4.08. The first-order valence-corrected chi connectivity index (χ1v) is 4.05. The molecule has 0 aliphatic carbocycles. The van der Waals surface area contributed by atoms with E-state index in [4.69, 9.17) is 10.2 Å². The number of unbranched alkanes of at least 4 members (excludes halogenated alkanes) is 2. The number of hydrogen-bond donors (Lipinski definition) is 2. The van der Waals surface area contributed by atoms with E-state index in [0.717, 1.165) is 25.7 Å². The summed E-state index contributed by atoms with van der Waals surface area (Å²) in [6.45, 7) is 4.79. The van der Waals surface area contributed by atoms with Crippen LogP contribution in [0, 0.1) is 0 Å². The largest absolute Gasteiger partial charge is 1.00 e. The van der Waals surface area contributed by atoms with Gasteiger partial charge in [0.1, 0.15) is 0 Å². The van der Waals surface area contributed by atoms with Gasteiger partial charge < -0.3 is 44.2 Å². The number of aliphatic hydroxyl groups is 2. The zero-order valence-electron chi connectivity index (χ0n) is 8.39. The van der Waals surface area contributed by atoms with E-state index >= 15 is 0 Å². The van der Waals surface area contributed by atoms with Crippen molar-refractivity contribution < 1.29 is 70.0 Å². The van der Waals surface area contributed by atoms with Gasteiger partial charge in [0, 0.05) is 39.1 Å². The average Bonchev–Trinajstić information content (AvgIpc) is 1.93. The molecule has 2 N–H and O–H groups in total. The molecule has 84 valence electrons. The molecule has 5 heteroatoms. The number of aliphatic hydroxyl groups excluding tert-OH is 2. The Hall–Kier alpha value is 1.75. The third-order valence-electron chi connectivity index (χ3n) is 1.02. The van der Waals surface area contributed by atoms with E-state index < -0.39 is 0 Å². The van der Waals surface area contributed by atoms with Crippen molar-refractivity contribution in [2.75, 3.05) is 13.2 Å². The fourth-order valence-corrected chi connectivity index (χ4v) is 0.316. The van der Waals surface area contributed by atoms with Crippen molar-refractivity contribution >= 4 is 0 Å². The van der Waals surface area contributed by atoms with Crippen molar-refractivity contribution in [1.29, 1.82) is 0 Å². The van der Waals surface area contributed by atoms with E-state index in [2.05, 4.69) is 13.8 Å². The molecular weight excluding hydrogens is 466 g/mol. The van der Waals surface area contributed by atoms with Crippen LogP contribution in [0.1, 0.15) is 39.5 Å². The summed E-state index contributed by atoms with van der Waals surface area (Å²) < 4.78 is 0. The summed E-state index contributed by atoms with van der Waals surface area (Å²) in [6, 6.07) is 0. The summed E-state index contributed by atoms with van der Waals surface area (Å²) in [7, 11) is 0. The van der Waals surface area contributed by atoms with Gasteiger partial charge in [0.25, 0.3) is 0 Å². The van der Waals surface area contributed by atoms with E-state index in [0.29, 0.717) is 13.2 Å². The van der Waals surface area contributed by atoms with Crippen LogP contribution in [-0.4, -0.2) is 23.4 Å². The summed E-state index contributed by atoms with van der Waals surface area (Å²) in [5.74, 6) is 0. The Labute approximate surface area is 122 Å². The second-order valence-electron chi connectivity index (χ2n) is 2.15. The maximum absolute atomic E-state index is 8.07. The van der Waals surface area contributed by atoms with Crippen LogP contribution in [0.5, 0.6) is 0 Å². The van der Waals surface area contributed by atoms with Crippen LogP contribution in [0.2, 0.25) is 0 Å². The molecule has 0 radical (unpaired) electrons. The van der Waals surface area contributed by atoms with Gasteiger partial charge in [0.05, 0.1) is 0 Å². The minimum atomic E-state index is 0. The first-order chi connectivity index (χ1) is 4.83. The Morgan fingerprint density at radius 3 is 1.00 bits per heavy atom. The zero-order valence-corrected chi connectivity index (χ0v) is 15.2. The summed E-state index contributed by atoms with van der Waals surface area (Å²) in [4.78, 5) is 0. The van der Waals surface area contributed by atoms with Crippen molar-refractivity contribution in [2.45, 2.75) is 39.5 Å². The molecule has 0 rings (SSSR count). The fourth-order valence-electron chi connectivity index (χ4n) is 0.316. The molecule has 0 spiro atoms. The van der Waals surface area contributed by atoms with E-state index in [1.807, 2.05) is 0 Å². The molecule has 0 unspecified atom stereocenters. The maximum atomic E-state index is 8.07. The Morgan fingerprint density at radius 2 is 1.00 bits per heavy atom. The SMILES string of the molecule is CCCCO.CCCCO.[Br-].[Br-].[Hf]. The van der Waals surface area contributed by atoms with Crippen molar-refractivity contribution in [3.8, 4) is 0 Å². The molecule has 0 saturated heterocycles. The Balaban J connectivity index is -0.0000000267. The second-order valence-corrected chi connectivity index (χ2v) is 2.15. The predicted molar refractivity (Wildman–Crippen MR) is 44.0 cm³/mol. The van der Waals surface area contributed by atoms with Gasteiger partial charge in [-0.25, -0.2) is 0 Å². The maximum Gasteiger partial charge on any atom is 0.0430 e. The molecule has 0 heterocycles. The Bertz CT molecular complexity index is 41.1. The standard InChI is InChI=1S/2C4H10O.2BrH.Hf/c2*1-2-3-4-5;;;/h2*5H,2-4H2,1H3;2*1H;/p-2. The van der Waals surface area contributed by atoms with E-state index in [1.165, 1.54) is 0 Å². The van der Waals surface area contributed by atoms with Crippen molar-refractivity contribution in [1.82, 2.24) is 0 Å². The van der Waals surface area contributed by atoms with Crippen LogP contribution in [0.3, 0.4) is 0 Å². The summed E-state index contributed by atoms with van der Waals surface area (Å²) in [5, 5.41) is 16.1. The minimum absolute atomic E-state index is 0. The number of hydrogen-bond acceptors (Lipinski definition) is 2. The first-order valence-electron chi connectivity index (χ1n) is 4.05. The van der Waals surface area contributed by atoms with Crippen LogP contribution in [0.15, 0.2) is 0 Å². The summed E-state index contributed by atoms with van der Waals surface area (Å²) >= 11 is 0. The smallest absolute Gasteiger partial charge is 0.0430 e. The van der Waals surface area contributed by atoms with Crippen LogP contribution >= 0.6 is 0 Å². The number of halogens is 2. The van der Waals surface area contributed by atoms with E-state index in [-0.39, 0.29) is 59.8 Å². The topological polar surface area (TPSA) is 40.5 Å². The van der Waals surface area contributed by atoms with E-state index in [9.17, 15) is 0 Å². The average molecular weight is 487 g/mol. The molecule has 0 aliphatic rings. The first kappa shape index (κ1) is 29.3. The molecule has 0 aromatic rings. The predicted octanol–water partition coefficient (Wildman–Crippen LogP) is -4.44. The summed E-state index contributed by atoms with van der Waals surface area (Å²) in [5.41, 5.74) is 0. The van der Waals surface area contributed by atoms with Gasteiger partial charge >= 0.3 is 0 Å². The van der Waals surface area contributed by atoms with Gasteiger partial charge in [0.2, 0.25) is 0 Å². The molecule has 0 atom stereocenters. The van der Waals surface area contributed by atoms with Gasteiger partial charge in [0.15, 0.2) is 0 Å². The van der Waals surface area contributed by atoms with Gasteiger partial charge in [-0.05, 0) is 12.8 Å². The van der Waals surface area contributed by atoms with Crippen molar-refractivity contribution in [3.63, 3.8) is 0 Å². The molecule has 0 aromatic carbocycles. The number of rotatable bonds is 4. The van der Waals surface area contributed by atoms with Gasteiger partial charge in [-0.2, -0.15) is 0 Å². The molecule has 0 bridgehead atoms. The molecule has 0 aliphatic heterocycles. The second kappa shape index (κ2) is 37.2. The van der Waals surface area contributed by atoms with Gasteiger partial charge in [-0.3, -0.25) is 0 Å². The van der Waals surface area contributed by atoms with Gasteiger partial charge in [-0.1, -0.05) is 26.7 Å². The van der Waals surface area contributed by atoms with Gasteiger partial charge in [-0.15, -0.1) is 0 Å². The zero-order chi connectivity index (χ0) is 8.24. The van der Waals surface area contributed by atoms with E-state index in [1.54, 1.807) is 0 Å². The Kier molecular flexibility index (Phi) is 84.0. The molecule has 0 aromatic heterocycles. The molecule has 0 fully saturated rings. The quantitative estimate of drug-likeness (QED) is 0.394. The molecule has 2 nitrogen and oxygen atoms in total. The third-order valence-corrected chi connectivity index (χ3v) is 1.02. The molecule has 0 saturated carbocycles. The van der Waals surface area contributed by atoms with Crippen molar-refractivity contribution in [2.24, 2.45) is 0 Å². The molecular formula is C8H20Br2HfO2-2. The Morgan fingerprint density at radius 1 is 0.769 bits per heavy atom. The normalized spacial score (nSPS) is 6.46. The van der Waals surface area contributed by atoms with Crippen LogP contribution in [0.4, 0.5) is 0 Å². The van der Waals surface area contributed by atoms with Crippen molar-refractivity contribution in [3.05, 3.63) is 0 Å². The monoisotopic (exact) mass is 486 g/mol. The molecule has 13 heavy (non-hydrogen) atoms. The van der Waals surface area contributed by atoms with Crippen LogP contribution in [0.25, 0.3) is 0 Å². The van der Waals surface area contributed by atoms with Crippen LogP contribution in [-0.2, 0) is 25.8 Å². The molecule has 0 amide bonds. The minimum Gasteiger partial charge on any atom is -1.00 e. The third kappa shape index (κ3) is 57.4. The fraction of sp³-hybridized carbons (Fsp3) is 1.00.